The number of carbonyl (C=O) groups excluding carboxylic acids is 3. The van der Waals surface area contributed by atoms with E-state index in [-0.39, 0.29) is 24.6 Å². The van der Waals surface area contributed by atoms with Gasteiger partial charge in [-0.05, 0) is 49.2 Å². The Morgan fingerprint density at radius 1 is 0.857 bits per heavy atom. The van der Waals surface area contributed by atoms with Crippen LogP contribution in [0.3, 0.4) is 0 Å². The standard InChI is InChI=1S/C27H27F2N3O3/c1-18(21-9-5-3-6-10-21)30-17-26(34)32(24-11-7-4-8-12-24)27(35)19(2)31-25(33)15-20-13-22(28)16-23(29)14-20/h3-14,16,18-19,30H,15,17H2,1-2H3,(H,31,33)/t18-,19-/m0/s1. The van der Waals surface area contributed by atoms with Crippen LogP contribution in [0.2, 0.25) is 0 Å². The van der Waals surface area contributed by atoms with Gasteiger partial charge in [0, 0.05) is 12.1 Å². The molecule has 6 nitrogen and oxygen atoms in total. The van der Waals surface area contributed by atoms with Gasteiger partial charge in [0.25, 0.3) is 5.91 Å². The first-order chi connectivity index (χ1) is 16.7. The lowest BCUT2D eigenvalue weighted by molar-refractivity contribution is -0.130. The minimum atomic E-state index is -1.06. The van der Waals surface area contributed by atoms with E-state index in [1.54, 1.807) is 30.3 Å². The number of anilines is 1. The summed E-state index contributed by atoms with van der Waals surface area (Å²) in [6.07, 6.45) is -0.318. The molecule has 0 aromatic heterocycles. The zero-order chi connectivity index (χ0) is 25.4. The number of nitrogens with one attached hydrogen (secondary N) is 2. The average molecular weight is 480 g/mol. The Hall–Kier alpha value is -3.91. The number of imide groups is 1. The zero-order valence-electron chi connectivity index (χ0n) is 19.5. The van der Waals surface area contributed by atoms with Gasteiger partial charge in [0.15, 0.2) is 0 Å². The number of para-hydroxylation sites is 1. The fraction of sp³-hybridized carbons (Fsp3) is 0.222. The van der Waals surface area contributed by atoms with E-state index in [0.29, 0.717) is 11.8 Å². The Balaban J connectivity index is 1.69. The molecule has 3 rings (SSSR count). The van der Waals surface area contributed by atoms with Crippen molar-refractivity contribution in [3.63, 3.8) is 0 Å². The maximum atomic E-state index is 13.4. The molecular formula is C27H27F2N3O3. The first-order valence-corrected chi connectivity index (χ1v) is 11.2. The highest BCUT2D eigenvalue weighted by atomic mass is 19.1. The molecule has 35 heavy (non-hydrogen) atoms. The number of benzene rings is 3. The third-order valence-electron chi connectivity index (χ3n) is 5.38. The molecule has 3 aromatic rings. The number of hydrogen-bond acceptors (Lipinski definition) is 4. The van der Waals surface area contributed by atoms with Crippen LogP contribution in [0.15, 0.2) is 78.9 Å². The SMILES string of the molecule is C[C@H](NC(=O)Cc1cc(F)cc(F)c1)C(=O)N(C(=O)CN[C@@H](C)c1ccccc1)c1ccccc1. The number of rotatable bonds is 9. The molecular weight excluding hydrogens is 452 g/mol. The maximum Gasteiger partial charge on any atom is 0.256 e. The minimum Gasteiger partial charge on any atom is -0.344 e. The molecule has 0 spiro atoms. The van der Waals surface area contributed by atoms with Gasteiger partial charge in [0.2, 0.25) is 11.8 Å². The van der Waals surface area contributed by atoms with Crippen LogP contribution in [0.4, 0.5) is 14.5 Å². The van der Waals surface area contributed by atoms with Crippen LogP contribution in [0.5, 0.6) is 0 Å². The van der Waals surface area contributed by atoms with Crippen molar-refractivity contribution in [1.82, 2.24) is 10.6 Å². The van der Waals surface area contributed by atoms with E-state index in [2.05, 4.69) is 10.6 Å². The topological polar surface area (TPSA) is 78.5 Å². The van der Waals surface area contributed by atoms with Crippen molar-refractivity contribution >= 4 is 23.4 Å². The molecule has 0 radical (unpaired) electrons. The summed E-state index contributed by atoms with van der Waals surface area (Å²) < 4.78 is 26.8. The molecule has 0 aliphatic heterocycles. The Morgan fingerprint density at radius 2 is 1.43 bits per heavy atom. The summed E-state index contributed by atoms with van der Waals surface area (Å²) in [7, 11) is 0. The summed E-state index contributed by atoms with van der Waals surface area (Å²) in [5.74, 6) is -3.32. The van der Waals surface area contributed by atoms with Crippen LogP contribution in [0.1, 0.15) is 31.0 Å². The highest BCUT2D eigenvalue weighted by Crippen LogP contribution is 2.17. The molecule has 2 N–H and O–H groups in total. The van der Waals surface area contributed by atoms with Crippen molar-refractivity contribution in [3.05, 3.63) is 102 Å². The van der Waals surface area contributed by atoms with Crippen molar-refractivity contribution in [1.29, 1.82) is 0 Å². The third kappa shape index (κ3) is 7.28. The molecule has 0 unspecified atom stereocenters. The maximum absolute atomic E-state index is 13.4. The zero-order valence-corrected chi connectivity index (χ0v) is 19.5. The number of amides is 3. The first-order valence-electron chi connectivity index (χ1n) is 11.2. The van der Waals surface area contributed by atoms with E-state index in [4.69, 9.17) is 0 Å². The smallest absolute Gasteiger partial charge is 0.256 e. The van der Waals surface area contributed by atoms with Gasteiger partial charge in [-0.1, -0.05) is 48.5 Å². The lowest BCUT2D eigenvalue weighted by Gasteiger charge is -2.26. The van der Waals surface area contributed by atoms with Crippen molar-refractivity contribution in [2.24, 2.45) is 0 Å². The lowest BCUT2D eigenvalue weighted by Crippen LogP contribution is -2.51. The van der Waals surface area contributed by atoms with Crippen molar-refractivity contribution in [3.8, 4) is 0 Å². The van der Waals surface area contributed by atoms with Crippen LogP contribution >= 0.6 is 0 Å². The van der Waals surface area contributed by atoms with Crippen molar-refractivity contribution in [2.45, 2.75) is 32.4 Å². The van der Waals surface area contributed by atoms with E-state index in [1.807, 2.05) is 37.3 Å². The van der Waals surface area contributed by atoms with Crippen LogP contribution in [0.25, 0.3) is 0 Å². The fourth-order valence-electron chi connectivity index (χ4n) is 3.60. The fourth-order valence-corrected chi connectivity index (χ4v) is 3.60. The highest BCUT2D eigenvalue weighted by molar-refractivity contribution is 6.17. The molecule has 2 atom stereocenters. The Bertz CT molecular complexity index is 1150. The predicted molar refractivity (Wildman–Crippen MR) is 129 cm³/mol. The van der Waals surface area contributed by atoms with Crippen LogP contribution in [0, 0.1) is 11.6 Å². The second kappa shape index (κ2) is 12.0. The Kier molecular flexibility index (Phi) is 8.80. The minimum absolute atomic E-state index is 0.111. The summed E-state index contributed by atoms with van der Waals surface area (Å²) in [5, 5.41) is 5.64. The number of nitrogens with zero attached hydrogens (tertiary/aromatic N) is 1. The van der Waals surface area contributed by atoms with Crippen LogP contribution in [-0.4, -0.2) is 30.3 Å². The largest absolute Gasteiger partial charge is 0.344 e. The van der Waals surface area contributed by atoms with Gasteiger partial charge >= 0.3 is 0 Å². The van der Waals surface area contributed by atoms with Gasteiger partial charge in [0.05, 0.1) is 18.7 Å². The molecule has 8 heteroatoms. The quantitative estimate of drug-likeness (QED) is 0.488. The molecule has 3 amide bonds. The molecule has 0 bridgehead atoms. The highest BCUT2D eigenvalue weighted by Gasteiger charge is 2.28. The van der Waals surface area contributed by atoms with Crippen molar-refractivity contribution < 1.29 is 23.2 Å². The summed E-state index contributed by atoms with van der Waals surface area (Å²) >= 11 is 0. The molecule has 0 aliphatic rings. The van der Waals surface area contributed by atoms with Crippen LogP contribution < -0.4 is 15.5 Å². The lowest BCUT2D eigenvalue weighted by atomic mass is 10.1. The predicted octanol–water partition coefficient (Wildman–Crippen LogP) is 3.92. The molecule has 0 saturated heterocycles. The Morgan fingerprint density at radius 3 is 2.03 bits per heavy atom. The van der Waals surface area contributed by atoms with Crippen LogP contribution in [-0.2, 0) is 20.8 Å². The van der Waals surface area contributed by atoms with E-state index in [1.165, 1.54) is 6.92 Å². The van der Waals surface area contributed by atoms with Gasteiger partial charge in [-0.15, -0.1) is 0 Å². The van der Waals surface area contributed by atoms with Gasteiger partial charge in [-0.3, -0.25) is 14.4 Å². The van der Waals surface area contributed by atoms with E-state index in [0.717, 1.165) is 22.6 Å². The molecule has 0 heterocycles. The monoisotopic (exact) mass is 479 g/mol. The van der Waals surface area contributed by atoms with E-state index >= 15 is 0 Å². The summed E-state index contributed by atoms with van der Waals surface area (Å²) in [6, 6.07) is 19.6. The second-order valence-corrected chi connectivity index (χ2v) is 8.16. The van der Waals surface area contributed by atoms with E-state index in [9.17, 15) is 23.2 Å². The molecule has 3 aromatic carbocycles. The van der Waals surface area contributed by atoms with Gasteiger partial charge < -0.3 is 10.6 Å². The summed E-state index contributed by atoms with van der Waals surface area (Å²) in [4.78, 5) is 39.8. The molecule has 0 fully saturated rings. The normalized spacial score (nSPS) is 12.5. The molecule has 0 aliphatic carbocycles. The number of hydrogen-bond donors (Lipinski definition) is 2. The first kappa shape index (κ1) is 25.7. The summed E-state index contributed by atoms with van der Waals surface area (Å²) in [5.41, 5.74) is 1.49. The molecule has 182 valence electrons. The van der Waals surface area contributed by atoms with Crippen molar-refractivity contribution in [2.75, 3.05) is 11.4 Å². The van der Waals surface area contributed by atoms with Gasteiger partial charge in [-0.2, -0.15) is 0 Å². The van der Waals surface area contributed by atoms with Gasteiger partial charge in [-0.25, -0.2) is 13.7 Å². The number of carbonyl (C=O) groups is 3. The average Bonchev–Trinajstić information content (AvgIpc) is 2.83. The second-order valence-electron chi connectivity index (χ2n) is 8.16. The summed E-state index contributed by atoms with van der Waals surface area (Å²) in [6.45, 7) is 3.25. The number of halogens is 2. The molecule has 0 saturated carbocycles. The van der Waals surface area contributed by atoms with Gasteiger partial charge in [0.1, 0.15) is 17.7 Å². The Labute approximate surface area is 203 Å². The van der Waals surface area contributed by atoms with E-state index < -0.39 is 35.4 Å². The third-order valence-corrected chi connectivity index (χ3v) is 5.38.